The Morgan fingerprint density at radius 1 is 1.17 bits per heavy atom. The second kappa shape index (κ2) is 8.38. The maximum atomic E-state index is 13.0. The number of ether oxygens (including phenoxy) is 2. The molecular weight excluding hydrogens is 429 g/mol. The Morgan fingerprint density at radius 2 is 1.93 bits per heavy atom. The van der Waals surface area contributed by atoms with Crippen molar-refractivity contribution < 1.29 is 27.4 Å². The Morgan fingerprint density at radius 3 is 2.59 bits per heavy atom. The van der Waals surface area contributed by atoms with Gasteiger partial charge in [0.15, 0.2) is 16.7 Å². The summed E-state index contributed by atoms with van der Waals surface area (Å²) in [4.78, 5) is 16.6. The van der Waals surface area contributed by atoms with Crippen LogP contribution in [-0.2, 0) is 11.0 Å². The van der Waals surface area contributed by atoms with Gasteiger partial charge in [-0.1, -0.05) is 23.7 Å². The molecule has 0 spiro atoms. The minimum atomic E-state index is -4.60. The molecule has 1 saturated heterocycles. The highest BCUT2D eigenvalue weighted by Gasteiger charge is 2.33. The van der Waals surface area contributed by atoms with Crippen LogP contribution in [0.4, 0.5) is 18.9 Å². The summed E-state index contributed by atoms with van der Waals surface area (Å²) in [6.45, 7) is 0. The topological polar surface area (TPSA) is 59.9 Å². The number of aliphatic imine (C=N–C) groups is 1. The van der Waals surface area contributed by atoms with Crippen LogP contribution in [0, 0.1) is 0 Å². The van der Waals surface area contributed by atoms with Crippen LogP contribution in [0.3, 0.4) is 0 Å². The van der Waals surface area contributed by atoms with E-state index in [4.69, 9.17) is 21.1 Å². The number of hydrogen-bond donors (Lipinski definition) is 1. The highest BCUT2D eigenvalue weighted by molar-refractivity contribution is 8.18. The minimum absolute atomic E-state index is 0.0183. The van der Waals surface area contributed by atoms with Gasteiger partial charge >= 0.3 is 6.18 Å². The molecule has 2 aromatic rings. The summed E-state index contributed by atoms with van der Waals surface area (Å²) in [6.07, 6.45) is -3.01. The van der Waals surface area contributed by atoms with E-state index in [1.54, 1.807) is 24.3 Å². The monoisotopic (exact) mass is 442 g/mol. The number of rotatable bonds is 4. The normalized spacial score (nSPS) is 17.0. The van der Waals surface area contributed by atoms with Crippen LogP contribution in [0.1, 0.15) is 11.1 Å². The summed E-state index contributed by atoms with van der Waals surface area (Å²) in [6, 6.07) is 8.48. The third-order valence-electron chi connectivity index (χ3n) is 3.86. The van der Waals surface area contributed by atoms with Crippen LogP contribution in [0.5, 0.6) is 11.5 Å². The minimum Gasteiger partial charge on any atom is -0.493 e. The number of nitrogens with zero attached hydrogens (tertiary/aromatic N) is 1. The Labute approximate surface area is 173 Å². The molecule has 0 bridgehead atoms. The molecule has 1 heterocycles. The number of alkyl halides is 3. The zero-order valence-corrected chi connectivity index (χ0v) is 16.7. The van der Waals surface area contributed by atoms with Gasteiger partial charge in [-0.05, 0) is 42.1 Å². The number of thioether (sulfide) groups is 1. The molecule has 1 amide bonds. The molecule has 1 fully saturated rings. The molecule has 1 aliphatic heterocycles. The van der Waals surface area contributed by atoms with Gasteiger partial charge in [0.25, 0.3) is 5.91 Å². The van der Waals surface area contributed by atoms with E-state index in [0.717, 1.165) is 23.9 Å². The van der Waals surface area contributed by atoms with Crippen LogP contribution in [-0.4, -0.2) is 25.3 Å². The number of amidine groups is 1. The summed E-state index contributed by atoms with van der Waals surface area (Å²) in [5.41, 5.74) is -0.367. The van der Waals surface area contributed by atoms with E-state index in [2.05, 4.69) is 10.3 Å². The lowest BCUT2D eigenvalue weighted by molar-refractivity contribution is -0.137. The largest absolute Gasteiger partial charge is 0.493 e. The molecule has 0 unspecified atom stereocenters. The van der Waals surface area contributed by atoms with Crippen molar-refractivity contribution >= 4 is 46.2 Å². The summed E-state index contributed by atoms with van der Waals surface area (Å²) in [7, 11) is 2.98. The molecule has 29 heavy (non-hydrogen) atoms. The lowest BCUT2D eigenvalue weighted by Crippen LogP contribution is -2.19. The molecule has 0 saturated carbocycles. The van der Waals surface area contributed by atoms with Crippen molar-refractivity contribution in [3.05, 3.63) is 57.5 Å². The smallest absolute Gasteiger partial charge is 0.417 e. The molecule has 0 atom stereocenters. The van der Waals surface area contributed by atoms with E-state index in [-0.39, 0.29) is 10.9 Å². The number of nitrogens with one attached hydrogen (secondary N) is 1. The van der Waals surface area contributed by atoms with Crippen molar-refractivity contribution in [1.82, 2.24) is 5.32 Å². The fourth-order valence-electron chi connectivity index (χ4n) is 2.56. The highest BCUT2D eigenvalue weighted by Crippen LogP contribution is 2.38. The van der Waals surface area contributed by atoms with Gasteiger partial charge in [-0.3, -0.25) is 4.79 Å². The third kappa shape index (κ3) is 4.68. The van der Waals surface area contributed by atoms with E-state index < -0.39 is 22.7 Å². The first-order valence-electron chi connectivity index (χ1n) is 8.10. The summed E-state index contributed by atoms with van der Waals surface area (Å²) >= 11 is 6.61. The van der Waals surface area contributed by atoms with E-state index >= 15 is 0 Å². The lowest BCUT2D eigenvalue weighted by atomic mass is 10.1. The quantitative estimate of drug-likeness (QED) is 0.655. The molecule has 0 radical (unpaired) electrons. The average molecular weight is 443 g/mol. The lowest BCUT2D eigenvalue weighted by Gasteiger charge is -2.10. The second-order valence-corrected chi connectivity index (χ2v) is 7.16. The second-order valence-electron chi connectivity index (χ2n) is 5.73. The molecule has 1 aliphatic rings. The molecule has 3 rings (SSSR count). The number of benzene rings is 2. The van der Waals surface area contributed by atoms with Crippen LogP contribution in [0.15, 0.2) is 46.3 Å². The summed E-state index contributed by atoms with van der Waals surface area (Å²) in [5, 5.41) is 2.26. The van der Waals surface area contributed by atoms with Crippen molar-refractivity contribution in [2.24, 2.45) is 4.99 Å². The number of amides is 1. The van der Waals surface area contributed by atoms with Crippen LogP contribution < -0.4 is 14.8 Å². The van der Waals surface area contributed by atoms with Crippen molar-refractivity contribution in [3.8, 4) is 11.5 Å². The van der Waals surface area contributed by atoms with Gasteiger partial charge in [0.05, 0.1) is 35.4 Å². The molecule has 1 N–H and O–H groups in total. The van der Waals surface area contributed by atoms with E-state index in [1.165, 1.54) is 20.3 Å². The average Bonchev–Trinajstić information content (AvgIpc) is 3.01. The Hall–Kier alpha value is -2.65. The SMILES string of the molecule is COc1cccc(C=C2SC(=Nc3ccc(Cl)c(C(F)(F)F)c3)NC2=O)c1OC. The maximum Gasteiger partial charge on any atom is 0.417 e. The van der Waals surface area contributed by atoms with Crippen LogP contribution in [0.25, 0.3) is 6.08 Å². The summed E-state index contributed by atoms with van der Waals surface area (Å²) < 4.78 is 49.6. The van der Waals surface area contributed by atoms with Crippen molar-refractivity contribution in [1.29, 1.82) is 0 Å². The van der Waals surface area contributed by atoms with Crippen LogP contribution in [0.2, 0.25) is 5.02 Å². The van der Waals surface area contributed by atoms with Gasteiger partial charge in [-0.15, -0.1) is 0 Å². The van der Waals surface area contributed by atoms with Gasteiger partial charge in [-0.2, -0.15) is 13.2 Å². The predicted octanol–water partition coefficient (Wildman–Crippen LogP) is 5.27. The number of halogens is 4. The fourth-order valence-corrected chi connectivity index (χ4v) is 3.62. The van der Waals surface area contributed by atoms with Gasteiger partial charge in [0.1, 0.15) is 0 Å². The van der Waals surface area contributed by atoms with Crippen molar-refractivity contribution in [2.45, 2.75) is 6.18 Å². The zero-order chi connectivity index (χ0) is 21.2. The highest BCUT2D eigenvalue weighted by atomic mass is 35.5. The molecule has 10 heteroatoms. The third-order valence-corrected chi connectivity index (χ3v) is 5.10. The standard InChI is InChI=1S/C19H14ClF3N2O3S/c1-27-14-5-3-4-10(16(14)28-2)8-15-17(26)25-18(29-15)24-11-6-7-13(20)12(9-11)19(21,22)23/h3-9H,1-2H3,(H,24,25,26). The van der Waals surface area contributed by atoms with Gasteiger partial charge in [0.2, 0.25) is 0 Å². The first kappa shape index (κ1) is 21.1. The number of para-hydroxylation sites is 1. The molecule has 5 nitrogen and oxygen atoms in total. The van der Waals surface area contributed by atoms with Crippen molar-refractivity contribution in [2.75, 3.05) is 14.2 Å². The molecule has 2 aromatic carbocycles. The van der Waals surface area contributed by atoms with Crippen molar-refractivity contribution in [3.63, 3.8) is 0 Å². The zero-order valence-electron chi connectivity index (χ0n) is 15.1. The van der Waals surface area contributed by atoms with E-state index in [0.29, 0.717) is 22.0 Å². The number of methoxy groups -OCH3 is 2. The number of carbonyl (C=O) groups excluding carboxylic acids is 1. The van der Waals surface area contributed by atoms with Crippen LogP contribution >= 0.6 is 23.4 Å². The Balaban J connectivity index is 1.91. The van der Waals surface area contributed by atoms with E-state index in [9.17, 15) is 18.0 Å². The van der Waals surface area contributed by atoms with E-state index in [1.807, 2.05) is 0 Å². The molecule has 152 valence electrons. The Kier molecular flexibility index (Phi) is 6.09. The Bertz CT molecular complexity index is 1020. The number of carbonyl (C=O) groups is 1. The van der Waals surface area contributed by atoms with Gasteiger partial charge in [-0.25, -0.2) is 4.99 Å². The first-order valence-corrected chi connectivity index (χ1v) is 9.29. The first-order chi connectivity index (χ1) is 13.7. The van der Waals surface area contributed by atoms with Gasteiger partial charge < -0.3 is 14.8 Å². The number of hydrogen-bond acceptors (Lipinski definition) is 5. The van der Waals surface area contributed by atoms with Gasteiger partial charge in [0, 0.05) is 5.56 Å². The fraction of sp³-hybridized carbons (Fsp3) is 0.158. The summed E-state index contributed by atoms with van der Waals surface area (Å²) in [5.74, 6) is 0.525. The predicted molar refractivity (Wildman–Crippen MR) is 107 cm³/mol. The maximum absolute atomic E-state index is 13.0. The molecule has 0 aliphatic carbocycles. The molecule has 0 aromatic heterocycles. The molecular formula is C19H14ClF3N2O3S.